The zero-order valence-corrected chi connectivity index (χ0v) is 17.8. The van der Waals surface area contributed by atoms with E-state index in [-0.39, 0.29) is 40.9 Å². The zero-order chi connectivity index (χ0) is 20.8. The topological polar surface area (TPSA) is 66.8 Å². The summed E-state index contributed by atoms with van der Waals surface area (Å²) in [5.74, 6) is -0.664. The number of nitrogens with zero attached hydrogens (tertiary/aromatic N) is 2. The number of amides is 1. The summed E-state index contributed by atoms with van der Waals surface area (Å²) in [5.41, 5.74) is 3.00. The van der Waals surface area contributed by atoms with Crippen molar-refractivity contribution in [1.29, 1.82) is 0 Å². The van der Waals surface area contributed by atoms with Crippen LogP contribution in [0.4, 0.5) is 10.1 Å². The summed E-state index contributed by atoms with van der Waals surface area (Å²) in [6, 6.07) is 12.1. The molecule has 0 unspecified atom stereocenters. The minimum absolute atomic E-state index is 0.0225. The van der Waals surface area contributed by atoms with Crippen molar-refractivity contribution in [3.63, 3.8) is 0 Å². The molecule has 0 saturated carbocycles. The summed E-state index contributed by atoms with van der Waals surface area (Å²) >= 11 is 1.29. The van der Waals surface area contributed by atoms with Crippen LogP contribution in [-0.4, -0.2) is 42.3 Å². The Kier molecular flexibility index (Phi) is 5.25. The Morgan fingerprint density at radius 1 is 1.17 bits per heavy atom. The van der Waals surface area contributed by atoms with E-state index in [4.69, 9.17) is 0 Å². The van der Waals surface area contributed by atoms with Crippen molar-refractivity contribution in [2.24, 2.45) is 4.99 Å². The van der Waals surface area contributed by atoms with E-state index in [1.807, 2.05) is 31.2 Å². The molecule has 5 nitrogen and oxygen atoms in total. The van der Waals surface area contributed by atoms with Crippen molar-refractivity contribution in [3.05, 3.63) is 65.0 Å². The molecule has 2 aromatic rings. The highest BCUT2D eigenvalue weighted by Gasteiger charge is 2.49. The number of fused-ring (bicyclic) bond motifs is 1. The van der Waals surface area contributed by atoms with Crippen LogP contribution in [0.1, 0.15) is 16.7 Å². The first-order chi connectivity index (χ1) is 13.7. The molecule has 8 heteroatoms. The lowest BCUT2D eigenvalue weighted by Crippen LogP contribution is -2.37. The van der Waals surface area contributed by atoms with Crippen LogP contribution in [0, 0.1) is 19.7 Å². The molecule has 152 valence electrons. The molecule has 2 atom stereocenters. The molecule has 1 amide bonds. The van der Waals surface area contributed by atoms with Crippen molar-refractivity contribution >= 4 is 38.4 Å². The lowest BCUT2D eigenvalue weighted by Gasteiger charge is -2.24. The van der Waals surface area contributed by atoms with E-state index in [0.717, 1.165) is 11.1 Å². The van der Waals surface area contributed by atoms with E-state index in [9.17, 15) is 17.6 Å². The number of benzene rings is 2. The maximum absolute atomic E-state index is 14.2. The van der Waals surface area contributed by atoms with Gasteiger partial charge >= 0.3 is 0 Å². The van der Waals surface area contributed by atoms with Gasteiger partial charge in [0, 0.05) is 10.9 Å². The van der Waals surface area contributed by atoms with Crippen LogP contribution in [0.15, 0.2) is 47.5 Å². The number of rotatable bonds is 3. The lowest BCUT2D eigenvalue weighted by molar-refractivity contribution is -0.117. The Morgan fingerprint density at radius 2 is 1.90 bits per heavy atom. The van der Waals surface area contributed by atoms with E-state index in [2.05, 4.69) is 4.99 Å². The van der Waals surface area contributed by atoms with Gasteiger partial charge in [0.2, 0.25) is 0 Å². The van der Waals surface area contributed by atoms with Gasteiger partial charge in [-0.25, -0.2) is 12.8 Å². The number of hydrogen-bond donors (Lipinski definition) is 0. The van der Waals surface area contributed by atoms with Crippen molar-refractivity contribution in [2.45, 2.75) is 31.6 Å². The smallest absolute Gasteiger partial charge is 0.252 e. The van der Waals surface area contributed by atoms with E-state index >= 15 is 0 Å². The summed E-state index contributed by atoms with van der Waals surface area (Å²) in [5, 5.41) is 0.227. The van der Waals surface area contributed by atoms with Crippen LogP contribution in [-0.2, 0) is 21.1 Å². The molecule has 0 N–H and O–H groups in total. The van der Waals surface area contributed by atoms with Gasteiger partial charge in [-0.1, -0.05) is 47.7 Å². The molecule has 2 aliphatic rings. The molecule has 2 aromatic carbocycles. The van der Waals surface area contributed by atoms with Gasteiger partial charge in [0.1, 0.15) is 5.82 Å². The SMILES string of the molecule is Cc1ccc(CC(=O)N=C2S[C@@H]3CS(=O)(=O)C[C@@H]3N2c2ccc(C)c(F)c2)cc1. The summed E-state index contributed by atoms with van der Waals surface area (Å²) in [6.07, 6.45) is 0.161. The predicted molar refractivity (Wildman–Crippen MR) is 115 cm³/mol. The average molecular weight is 433 g/mol. The quantitative estimate of drug-likeness (QED) is 0.745. The van der Waals surface area contributed by atoms with Crippen molar-refractivity contribution < 1.29 is 17.6 Å². The van der Waals surface area contributed by atoms with E-state index in [1.165, 1.54) is 17.8 Å². The lowest BCUT2D eigenvalue weighted by atomic mass is 10.1. The molecule has 0 radical (unpaired) electrons. The molecular weight excluding hydrogens is 411 g/mol. The van der Waals surface area contributed by atoms with Gasteiger partial charge in [-0.2, -0.15) is 4.99 Å². The first-order valence-corrected chi connectivity index (χ1v) is 12.0. The number of halogens is 1. The zero-order valence-electron chi connectivity index (χ0n) is 16.1. The van der Waals surface area contributed by atoms with Gasteiger partial charge in [0.05, 0.1) is 24.0 Å². The molecule has 29 heavy (non-hydrogen) atoms. The van der Waals surface area contributed by atoms with Gasteiger partial charge in [-0.3, -0.25) is 4.79 Å². The number of amidine groups is 1. The monoisotopic (exact) mass is 432 g/mol. The molecule has 0 bridgehead atoms. The van der Waals surface area contributed by atoms with Crippen molar-refractivity contribution in [2.75, 3.05) is 16.4 Å². The summed E-state index contributed by atoms with van der Waals surface area (Å²) in [4.78, 5) is 18.6. The molecule has 2 aliphatic heterocycles. The fraction of sp³-hybridized carbons (Fsp3) is 0.333. The van der Waals surface area contributed by atoms with E-state index in [0.29, 0.717) is 16.4 Å². The van der Waals surface area contributed by atoms with Crippen LogP contribution < -0.4 is 4.90 Å². The second-order valence-corrected chi connectivity index (χ2v) is 10.9. The Morgan fingerprint density at radius 3 is 2.59 bits per heavy atom. The van der Waals surface area contributed by atoms with Gasteiger partial charge < -0.3 is 4.90 Å². The molecule has 0 spiro atoms. The number of carbonyl (C=O) groups excluding carboxylic acids is 1. The van der Waals surface area contributed by atoms with Gasteiger partial charge in [0.25, 0.3) is 5.91 Å². The highest BCUT2D eigenvalue weighted by atomic mass is 32.2. The number of anilines is 1. The molecule has 2 heterocycles. The number of sulfone groups is 1. The predicted octanol–water partition coefficient (Wildman–Crippen LogP) is 3.29. The van der Waals surface area contributed by atoms with Gasteiger partial charge in [-0.05, 0) is 37.1 Å². The van der Waals surface area contributed by atoms with Crippen LogP contribution in [0.2, 0.25) is 0 Å². The first kappa shape index (κ1) is 20.1. The highest BCUT2D eigenvalue weighted by molar-refractivity contribution is 8.16. The number of carbonyl (C=O) groups is 1. The van der Waals surface area contributed by atoms with Crippen molar-refractivity contribution in [3.8, 4) is 0 Å². The highest BCUT2D eigenvalue weighted by Crippen LogP contribution is 2.41. The second kappa shape index (κ2) is 7.57. The van der Waals surface area contributed by atoms with Crippen molar-refractivity contribution in [1.82, 2.24) is 0 Å². The van der Waals surface area contributed by atoms with Gasteiger partial charge in [0.15, 0.2) is 15.0 Å². The molecular formula is C21H21FN2O3S2. The summed E-state index contributed by atoms with van der Waals surface area (Å²) in [7, 11) is -3.17. The van der Waals surface area contributed by atoms with Gasteiger partial charge in [-0.15, -0.1) is 0 Å². The Labute approximate surface area is 173 Å². The minimum Gasteiger partial charge on any atom is -0.315 e. The fourth-order valence-corrected chi connectivity index (χ4v) is 7.56. The normalized spacial score (nSPS) is 24.1. The number of hydrogen-bond acceptors (Lipinski definition) is 4. The fourth-order valence-electron chi connectivity index (χ4n) is 3.62. The first-order valence-electron chi connectivity index (χ1n) is 9.31. The van der Waals surface area contributed by atoms with Crippen LogP contribution in [0.3, 0.4) is 0 Å². The average Bonchev–Trinajstić information content (AvgIpc) is 3.10. The summed E-state index contributed by atoms with van der Waals surface area (Å²) in [6.45, 7) is 3.65. The number of aliphatic imine (C=N–C) groups is 1. The molecule has 0 aromatic heterocycles. The number of aryl methyl sites for hydroxylation is 2. The van der Waals surface area contributed by atoms with Crippen LogP contribution in [0.25, 0.3) is 0 Å². The largest absolute Gasteiger partial charge is 0.315 e. The molecule has 4 rings (SSSR count). The Bertz CT molecular complexity index is 1100. The third kappa shape index (κ3) is 4.23. The van der Waals surface area contributed by atoms with Crippen LogP contribution >= 0.6 is 11.8 Å². The second-order valence-electron chi connectivity index (χ2n) is 7.55. The Hall–Kier alpha value is -2.19. The molecule has 2 fully saturated rings. The van der Waals surface area contributed by atoms with E-state index in [1.54, 1.807) is 24.0 Å². The number of thioether (sulfide) groups is 1. The minimum atomic E-state index is -3.17. The third-order valence-electron chi connectivity index (χ3n) is 5.20. The molecule has 0 aliphatic carbocycles. The maximum atomic E-state index is 14.2. The summed E-state index contributed by atoms with van der Waals surface area (Å²) < 4.78 is 38.4. The standard InChI is InChI=1S/C21H21FN2O3S2/c1-13-3-6-15(7-4-13)9-20(25)23-21-24(16-8-5-14(2)17(22)10-16)18-11-29(26,27)12-19(18)28-21/h3-8,10,18-19H,9,11-12H2,1-2H3/t18-,19+/m0/s1. The van der Waals surface area contributed by atoms with E-state index < -0.39 is 9.84 Å². The maximum Gasteiger partial charge on any atom is 0.252 e. The Balaban J connectivity index is 1.65. The molecule has 2 saturated heterocycles. The van der Waals surface area contributed by atoms with Crippen LogP contribution in [0.5, 0.6) is 0 Å². The third-order valence-corrected chi connectivity index (χ3v) is 8.41.